The molecule has 1 N–H and O–H groups in total. The quantitative estimate of drug-likeness (QED) is 0.643. The van der Waals surface area contributed by atoms with Gasteiger partial charge in [0.25, 0.3) is 10.0 Å². The second-order valence-corrected chi connectivity index (χ2v) is 5.47. The van der Waals surface area contributed by atoms with Crippen molar-refractivity contribution in [1.82, 2.24) is 4.89 Å². The Labute approximate surface area is 114 Å². The van der Waals surface area contributed by atoms with Gasteiger partial charge in [-0.15, -0.1) is 0 Å². The summed E-state index contributed by atoms with van der Waals surface area (Å²) in [5.41, 5.74) is -1.39. The van der Waals surface area contributed by atoms with Gasteiger partial charge in [0, 0.05) is 7.11 Å². The van der Waals surface area contributed by atoms with Crippen molar-refractivity contribution in [3.8, 4) is 0 Å². The Bertz CT molecular complexity index is 557. The summed E-state index contributed by atoms with van der Waals surface area (Å²) in [5, 5.41) is 0. The first kappa shape index (κ1) is 16.9. The van der Waals surface area contributed by atoms with Crippen molar-refractivity contribution in [2.45, 2.75) is 18.0 Å². The molecule has 0 amide bonds. The smallest absolute Gasteiger partial charge is 0.382 e. The summed E-state index contributed by atoms with van der Waals surface area (Å²) in [4.78, 5) is 5.90. The molecule has 0 aliphatic rings. The number of halogens is 3. The fourth-order valence-electron chi connectivity index (χ4n) is 1.50. The van der Waals surface area contributed by atoms with Gasteiger partial charge in [0.15, 0.2) is 0 Å². The van der Waals surface area contributed by atoms with Crippen LogP contribution in [0.15, 0.2) is 23.1 Å². The van der Waals surface area contributed by atoms with Crippen LogP contribution in [0.5, 0.6) is 0 Å². The van der Waals surface area contributed by atoms with Crippen molar-refractivity contribution in [3.05, 3.63) is 29.3 Å². The maximum Gasteiger partial charge on any atom is 0.416 e. The highest BCUT2D eigenvalue weighted by molar-refractivity contribution is 7.89. The van der Waals surface area contributed by atoms with E-state index in [0.717, 1.165) is 25.1 Å². The summed E-state index contributed by atoms with van der Waals surface area (Å²) in [7, 11) is -2.78. The lowest BCUT2D eigenvalue weighted by molar-refractivity contribution is -0.138. The monoisotopic (exact) mass is 313 g/mol. The first-order valence-electron chi connectivity index (χ1n) is 5.49. The summed E-state index contributed by atoms with van der Waals surface area (Å²) in [5.74, 6) is 0. The van der Waals surface area contributed by atoms with Crippen LogP contribution in [0.1, 0.15) is 11.1 Å². The van der Waals surface area contributed by atoms with Crippen LogP contribution in [-0.4, -0.2) is 28.7 Å². The summed E-state index contributed by atoms with van der Waals surface area (Å²) in [6.07, 6.45) is -4.62. The topological polar surface area (TPSA) is 64.6 Å². The zero-order chi connectivity index (χ0) is 15.4. The van der Waals surface area contributed by atoms with Crippen LogP contribution >= 0.6 is 0 Å². The first-order chi connectivity index (χ1) is 9.20. The number of hydrogen-bond donors (Lipinski definition) is 1. The van der Waals surface area contributed by atoms with E-state index in [1.807, 2.05) is 0 Å². The van der Waals surface area contributed by atoms with E-state index < -0.39 is 26.7 Å². The lowest BCUT2D eigenvalue weighted by Crippen LogP contribution is -2.27. The van der Waals surface area contributed by atoms with Crippen molar-refractivity contribution < 1.29 is 31.2 Å². The Kier molecular flexibility index (Phi) is 5.51. The van der Waals surface area contributed by atoms with Gasteiger partial charge < -0.3 is 4.74 Å². The summed E-state index contributed by atoms with van der Waals surface area (Å²) in [6.45, 7) is 1.17. The highest BCUT2D eigenvalue weighted by Crippen LogP contribution is 2.34. The lowest BCUT2D eigenvalue weighted by Gasteiger charge is -2.14. The minimum absolute atomic E-state index is 0.0618. The number of nitrogens with one attached hydrogen (secondary N) is 1. The Hall–Kier alpha value is -1.16. The standard InChI is InChI=1S/C11H14F3NO4S/c1-8-9(11(12,13)14)4-3-5-10(8)20(16,17)15-19-7-6-18-2/h3-5,15H,6-7H2,1-2H3. The molecule has 0 fully saturated rings. The highest BCUT2D eigenvalue weighted by atomic mass is 32.2. The fourth-order valence-corrected chi connectivity index (χ4v) is 2.60. The van der Waals surface area contributed by atoms with E-state index in [4.69, 9.17) is 0 Å². The Morgan fingerprint density at radius 2 is 1.90 bits per heavy atom. The number of benzene rings is 1. The summed E-state index contributed by atoms with van der Waals surface area (Å²) in [6, 6.07) is 2.92. The average molecular weight is 313 g/mol. The van der Waals surface area contributed by atoms with Crippen LogP contribution in [-0.2, 0) is 25.8 Å². The van der Waals surface area contributed by atoms with Crippen LogP contribution in [0.4, 0.5) is 13.2 Å². The third-order valence-electron chi connectivity index (χ3n) is 2.44. The van der Waals surface area contributed by atoms with E-state index >= 15 is 0 Å². The molecule has 0 atom stereocenters. The van der Waals surface area contributed by atoms with Crippen molar-refractivity contribution in [2.75, 3.05) is 20.3 Å². The zero-order valence-electron chi connectivity index (χ0n) is 10.8. The van der Waals surface area contributed by atoms with Gasteiger partial charge in [-0.1, -0.05) is 11.0 Å². The van der Waals surface area contributed by atoms with Gasteiger partial charge in [-0.2, -0.15) is 13.2 Å². The van der Waals surface area contributed by atoms with Gasteiger partial charge in [-0.3, -0.25) is 4.84 Å². The van der Waals surface area contributed by atoms with Crippen LogP contribution in [0.3, 0.4) is 0 Å². The van der Waals surface area contributed by atoms with Gasteiger partial charge in [0.05, 0.1) is 23.7 Å². The minimum atomic E-state index is -4.62. The molecular formula is C11H14F3NO4S. The molecule has 1 rings (SSSR count). The normalized spacial score (nSPS) is 12.7. The molecule has 0 radical (unpaired) electrons. The van der Waals surface area contributed by atoms with E-state index in [0.29, 0.717) is 0 Å². The maximum atomic E-state index is 12.7. The van der Waals surface area contributed by atoms with Crippen LogP contribution in [0.25, 0.3) is 0 Å². The molecule has 0 heterocycles. The predicted molar refractivity (Wildman–Crippen MR) is 64.3 cm³/mol. The molecule has 0 spiro atoms. The predicted octanol–water partition coefficient (Wildman–Crippen LogP) is 1.87. The summed E-state index contributed by atoms with van der Waals surface area (Å²) < 4.78 is 66.5. The van der Waals surface area contributed by atoms with Gasteiger partial charge >= 0.3 is 6.18 Å². The van der Waals surface area contributed by atoms with Crippen molar-refractivity contribution >= 4 is 10.0 Å². The third-order valence-corrected chi connectivity index (χ3v) is 3.80. The largest absolute Gasteiger partial charge is 0.416 e. The van der Waals surface area contributed by atoms with Gasteiger partial charge in [-0.25, -0.2) is 8.42 Å². The van der Waals surface area contributed by atoms with Crippen LogP contribution in [0.2, 0.25) is 0 Å². The first-order valence-corrected chi connectivity index (χ1v) is 6.98. The van der Waals surface area contributed by atoms with Crippen LogP contribution < -0.4 is 4.89 Å². The van der Waals surface area contributed by atoms with Gasteiger partial charge in [-0.05, 0) is 24.6 Å². The minimum Gasteiger partial charge on any atom is -0.382 e. The zero-order valence-corrected chi connectivity index (χ0v) is 11.6. The third kappa shape index (κ3) is 4.17. The van der Waals surface area contributed by atoms with E-state index in [1.54, 1.807) is 4.89 Å². The van der Waals surface area contributed by atoms with Gasteiger partial charge in [0.2, 0.25) is 0 Å². The molecule has 0 aliphatic carbocycles. The van der Waals surface area contributed by atoms with E-state index in [2.05, 4.69) is 9.57 Å². The molecule has 20 heavy (non-hydrogen) atoms. The average Bonchev–Trinajstić information content (AvgIpc) is 2.33. The molecule has 0 unspecified atom stereocenters. The van der Waals surface area contributed by atoms with E-state index in [-0.39, 0.29) is 18.8 Å². The molecule has 114 valence electrons. The molecule has 0 bridgehead atoms. The molecule has 1 aromatic rings. The number of ether oxygens (including phenoxy) is 1. The maximum absolute atomic E-state index is 12.7. The number of rotatable bonds is 6. The number of methoxy groups -OCH3 is 1. The highest BCUT2D eigenvalue weighted by Gasteiger charge is 2.34. The van der Waals surface area contributed by atoms with Crippen molar-refractivity contribution in [3.63, 3.8) is 0 Å². The molecule has 0 aliphatic heterocycles. The Morgan fingerprint density at radius 1 is 1.25 bits per heavy atom. The molecule has 1 aromatic carbocycles. The van der Waals surface area contributed by atoms with Gasteiger partial charge in [0.1, 0.15) is 0 Å². The number of hydrogen-bond acceptors (Lipinski definition) is 4. The Morgan fingerprint density at radius 3 is 2.45 bits per heavy atom. The molecule has 5 nitrogen and oxygen atoms in total. The van der Waals surface area contributed by atoms with Crippen molar-refractivity contribution in [2.24, 2.45) is 0 Å². The molecular weight excluding hydrogens is 299 g/mol. The van der Waals surface area contributed by atoms with E-state index in [9.17, 15) is 21.6 Å². The second-order valence-electron chi connectivity index (χ2n) is 3.85. The molecule has 0 saturated heterocycles. The molecule has 0 aromatic heterocycles. The fraction of sp³-hybridized carbons (Fsp3) is 0.455. The Balaban J connectivity index is 3.02. The number of sulfonamides is 1. The van der Waals surface area contributed by atoms with E-state index in [1.165, 1.54) is 7.11 Å². The summed E-state index contributed by atoms with van der Waals surface area (Å²) >= 11 is 0. The number of alkyl halides is 3. The second kappa shape index (κ2) is 6.53. The lowest BCUT2D eigenvalue weighted by atomic mass is 10.1. The SMILES string of the molecule is COCCONS(=O)(=O)c1cccc(C(F)(F)F)c1C. The van der Waals surface area contributed by atoms with Crippen LogP contribution in [0, 0.1) is 6.92 Å². The van der Waals surface area contributed by atoms with Crippen molar-refractivity contribution in [1.29, 1.82) is 0 Å². The molecule has 9 heteroatoms. The molecule has 0 saturated carbocycles.